The summed E-state index contributed by atoms with van der Waals surface area (Å²) >= 11 is 0. The predicted molar refractivity (Wildman–Crippen MR) is 176 cm³/mol. The third kappa shape index (κ3) is 4.96. The van der Waals surface area contributed by atoms with Crippen LogP contribution in [0.15, 0.2) is 30.3 Å². The number of phenolic OH excluding ortho intramolecular Hbond substituents is 1. The van der Waals surface area contributed by atoms with E-state index in [9.17, 15) is 9.50 Å². The monoisotopic (exact) mass is 655 g/mol. The van der Waals surface area contributed by atoms with Gasteiger partial charge in [0.05, 0.1) is 24.3 Å². The molecule has 5 fully saturated rings. The number of fused-ring (bicyclic) bond motifs is 4. The van der Waals surface area contributed by atoms with E-state index in [0.717, 1.165) is 65.0 Å². The van der Waals surface area contributed by atoms with Gasteiger partial charge in [-0.15, -0.1) is 6.42 Å². The summed E-state index contributed by atoms with van der Waals surface area (Å²) in [5.74, 6) is -0.0497. The second-order valence-electron chi connectivity index (χ2n) is 14.7. The average Bonchev–Trinajstić information content (AvgIpc) is 3.48. The Hall–Kier alpha value is -4.11. The van der Waals surface area contributed by atoms with Gasteiger partial charge in [-0.1, -0.05) is 12.0 Å². The van der Waals surface area contributed by atoms with Crippen LogP contribution in [0.1, 0.15) is 37.7 Å². The van der Waals surface area contributed by atoms with Crippen molar-refractivity contribution in [1.82, 2.24) is 20.2 Å². The summed E-state index contributed by atoms with van der Waals surface area (Å²) in [4.78, 5) is 13.9. The van der Waals surface area contributed by atoms with Gasteiger partial charge < -0.3 is 29.7 Å². The number of benzene rings is 3. The van der Waals surface area contributed by atoms with Crippen molar-refractivity contribution in [2.24, 2.45) is 10.8 Å². The zero-order chi connectivity index (χ0) is 32.8. The van der Waals surface area contributed by atoms with Gasteiger partial charge in [-0.3, -0.25) is 0 Å². The smallest absolute Gasteiger partial charge is 0.319 e. The first-order valence-electron chi connectivity index (χ1n) is 16.8. The number of hydrogen-bond donors (Lipinski definition) is 2. The lowest BCUT2D eigenvalue weighted by Crippen LogP contribution is -2.58. The molecule has 1 aromatic heterocycles. The number of nitrogens with one attached hydrogen (secondary N) is 1. The fourth-order valence-electron chi connectivity index (χ4n) is 8.58. The van der Waals surface area contributed by atoms with Crippen LogP contribution in [0.5, 0.6) is 11.8 Å². The fraction of sp³-hybridized carbons (Fsp3) is 0.459. The molecule has 48 heavy (non-hydrogen) atoms. The number of rotatable bonds is 7. The van der Waals surface area contributed by atoms with Crippen LogP contribution >= 0.6 is 0 Å². The fourth-order valence-corrected chi connectivity index (χ4v) is 8.58. The van der Waals surface area contributed by atoms with Crippen molar-refractivity contribution in [2.75, 3.05) is 57.4 Å². The van der Waals surface area contributed by atoms with Crippen LogP contribution in [0.2, 0.25) is 0 Å². The molecule has 1 aliphatic carbocycles. The zero-order valence-electron chi connectivity index (χ0n) is 26.5. The van der Waals surface area contributed by atoms with Gasteiger partial charge in [0, 0.05) is 78.6 Å². The molecule has 5 heterocycles. The predicted octanol–water partition coefficient (Wildman–Crippen LogP) is 5.38. The van der Waals surface area contributed by atoms with Crippen molar-refractivity contribution < 1.29 is 27.8 Å². The van der Waals surface area contributed by atoms with E-state index in [1.807, 2.05) is 0 Å². The summed E-state index contributed by atoms with van der Waals surface area (Å²) in [6, 6.07) is 6.96. The standard InChI is InChI=1S/C37H36F3N5O3/c1-2-25-28(38)6-3-21-11-24(46)12-26(30(21)25)31-29(39)13-27-33(32(31)40)42-35(43-34(27)45-14-22-4-5-23(15-45)41-22)48-20-36(7-8-36)16-44-17-37(18-44)9-10-47-19-37/h1,3,6,11-13,22-23,41,46H,4-5,7-10,14-20H2. The molecule has 2 unspecified atom stereocenters. The van der Waals surface area contributed by atoms with Gasteiger partial charge in [-0.05, 0) is 61.8 Å². The largest absolute Gasteiger partial charge is 0.508 e. The first kappa shape index (κ1) is 30.0. The van der Waals surface area contributed by atoms with E-state index in [-0.39, 0.29) is 56.7 Å². The lowest BCUT2D eigenvalue weighted by Gasteiger charge is -2.48. The molecule has 0 amide bonds. The van der Waals surface area contributed by atoms with Crippen LogP contribution in [0.4, 0.5) is 19.0 Å². The Kier molecular flexibility index (Phi) is 6.84. The lowest BCUT2D eigenvalue weighted by atomic mass is 9.78. The van der Waals surface area contributed by atoms with Crippen LogP contribution in [0, 0.1) is 40.6 Å². The number of phenols is 1. The van der Waals surface area contributed by atoms with E-state index in [0.29, 0.717) is 36.3 Å². The average molecular weight is 656 g/mol. The SMILES string of the molecule is C#Cc1c(F)ccc2cc(O)cc(-c3c(F)cc4c(N5CC6CCC(C5)N6)nc(OCC5(CN6CC7(CCOC7)C6)CC5)nc4c3F)c12. The molecule has 3 aromatic carbocycles. The maximum atomic E-state index is 16.9. The van der Waals surface area contributed by atoms with E-state index in [4.69, 9.17) is 20.9 Å². The number of ether oxygens (including phenoxy) is 2. The number of anilines is 1. The van der Waals surface area contributed by atoms with Crippen molar-refractivity contribution in [3.63, 3.8) is 0 Å². The highest BCUT2D eigenvalue weighted by Gasteiger charge is 2.52. The molecule has 4 saturated heterocycles. The minimum atomic E-state index is -0.957. The lowest BCUT2D eigenvalue weighted by molar-refractivity contribution is -0.0239. The molecular weight excluding hydrogens is 619 g/mol. The minimum absolute atomic E-state index is 0.0175. The Bertz CT molecular complexity index is 2000. The molecule has 8 nitrogen and oxygen atoms in total. The molecule has 5 aliphatic rings. The highest BCUT2D eigenvalue weighted by atomic mass is 19.1. The summed E-state index contributed by atoms with van der Waals surface area (Å²) in [5.41, 5.74) is -0.488. The van der Waals surface area contributed by atoms with Crippen molar-refractivity contribution in [1.29, 1.82) is 0 Å². The molecule has 248 valence electrons. The molecule has 2 atom stereocenters. The minimum Gasteiger partial charge on any atom is -0.508 e. The highest BCUT2D eigenvalue weighted by molar-refractivity contribution is 6.04. The van der Waals surface area contributed by atoms with Crippen molar-refractivity contribution in [3.05, 3.63) is 53.3 Å². The molecular formula is C37H36F3N5O3. The van der Waals surface area contributed by atoms with Gasteiger partial charge in [0.1, 0.15) is 28.7 Å². The second-order valence-corrected chi connectivity index (χ2v) is 14.7. The molecule has 4 aliphatic heterocycles. The molecule has 11 heteroatoms. The maximum Gasteiger partial charge on any atom is 0.319 e. The first-order valence-corrected chi connectivity index (χ1v) is 16.8. The molecule has 9 rings (SSSR count). The van der Waals surface area contributed by atoms with E-state index < -0.39 is 23.0 Å². The normalized spacial score (nSPS) is 23.9. The number of aromatic hydroxyl groups is 1. The Morgan fingerprint density at radius 1 is 1.04 bits per heavy atom. The van der Waals surface area contributed by atoms with Gasteiger partial charge in [-0.25, -0.2) is 13.2 Å². The van der Waals surface area contributed by atoms with Crippen LogP contribution in [-0.4, -0.2) is 84.6 Å². The maximum absolute atomic E-state index is 16.9. The Morgan fingerprint density at radius 3 is 2.54 bits per heavy atom. The first-order chi connectivity index (χ1) is 23.2. The van der Waals surface area contributed by atoms with E-state index in [1.54, 1.807) is 0 Å². The van der Waals surface area contributed by atoms with Gasteiger partial charge in [-0.2, -0.15) is 9.97 Å². The number of halogens is 3. The summed E-state index contributed by atoms with van der Waals surface area (Å²) in [6.45, 7) is 6.32. The number of terminal acetylenes is 1. The number of likely N-dealkylation sites (tertiary alicyclic amines) is 1. The van der Waals surface area contributed by atoms with Crippen LogP contribution in [-0.2, 0) is 4.74 Å². The third-order valence-electron chi connectivity index (χ3n) is 11.2. The molecule has 0 radical (unpaired) electrons. The van der Waals surface area contributed by atoms with Gasteiger partial charge in [0.2, 0.25) is 0 Å². The summed E-state index contributed by atoms with van der Waals surface area (Å²) in [7, 11) is 0. The highest BCUT2D eigenvalue weighted by Crippen LogP contribution is 2.50. The number of aromatic nitrogens is 2. The summed E-state index contributed by atoms with van der Waals surface area (Å²) in [5, 5.41) is 14.9. The van der Waals surface area contributed by atoms with Crippen LogP contribution in [0.25, 0.3) is 32.8 Å². The molecule has 2 N–H and O–H groups in total. The van der Waals surface area contributed by atoms with Gasteiger partial charge in [0.15, 0.2) is 5.82 Å². The van der Waals surface area contributed by atoms with E-state index in [1.165, 1.54) is 30.3 Å². The molecule has 2 bridgehead atoms. The topological polar surface area (TPSA) is 83.0 Å². The Morgan fingerprint density at radius 2 is 1.83 bits per heavy atom. The van der Waals surface area contributed by atoms with Gasteiger partial charge in [0.25, 0.3) is 0 Å². The van der Waals surface area contributed by atoms with E-state index in [2.05, 4.69) is 26.0 Å². The molecule has 1 spiro atoms. The second kappa shape index (κ2) is 11.0. The number of nitrogens with zero attached hydrogens (tertiary/aromatic N) is 4. The van der Waals surface area contributed by atoms with Crippen molar-refractivity contribution in [3.8, 4) is 35.2 Å². The number of piperazine rings is 1. The zero-order valence-corrected chi connectivity index (χ0v) is 26.5. The Labute approximate surface area is 276 Å². The van der Waals surface area contributed by atoms with Crippen molar-refractivity contribution >= 4 is 27.5 Å². The Balaban J connectivity index is 1.12. The molecule has 1 saturated carbocycles. The molecule has 4 aromatic rings. The third-order valence-corrected chi connectivity index (χ3v) is 11.2. The van der Waals surface area contributed by atoms with E-state index >= 15 is 8.78 Å². The van der Waals surface area contributed by atoms with Crippen molar-refractivity contribution in [2.45, 2.75) is 44.2 Å². The number of hydrogen-bond acceptors (Lipinski definition) is 8. The summed E-state index contributed by atoms with van der Waals surface area (Å²) < 4.78 is 60.0. The summed E-state index contributed by atoms with van der Waals surface area (Å²) in [6.07, 6.45) is 10.9. The quantitative estimate of drug-likeness (QED) is 0.257. The van der Waals surface area contributed by atoms with Crippen LogP contribution < -0.4 is 15.0 Å². The van der Waals surface area contributed by atoms with Gasteiger partial charge >= 0.3 is 6.01 Å². The van der Waals surface area contributed by atoms with Crippen LogP contribution in [0.3, 0.4) is 0 Å².